The first-order chi connectivity index (χ1) is 9.81. The van der Waals surface area contributed by atoms with E-state index in [1.807, 2.05) is 0 Å². The van der Waals surface area contributed by atoms with Gasteiger partial charge in [0.15, 0.2) is 0 Å². The Hall–Kier alpha value is -2.77. The zero-order valence-corrected chi connectivity index (χ0v) is 11.2. The highest BCUT2D eigenvalue weighted by Crippen LogP contribution is 2.15. The molecule has 0 atom stereocenters. The fraction of sp³-hybridized carbons (Fsp3) is 0.154. The lowest BCUT2D eigenvalue weighted by Crippen LogP contribution is -2.40. The maximum Gasteiger partial charge on any atom is 0.330 e. The molecule has 6 nitrogen and oxygen atoms in total. The normalized spacial score (nSPS) is 10.5. The SMILES string of the molecule is Cn1cc(C(=O)Nc2ccc(F)cc2F)c(=O)n(C)c1=O. The predicted octanol–water partition coefficient (Wildman–Crippen LogP) is 0.614. The minimum Gasteiger partial charge on any atom is -0.319 e. The number of halogens is 2. The van der Waals surface area contributed by atoms with E-state index in [4.69, 9.17) is 0 Å². The summed E-state index contributed by atoms with van der Waals surface area (Å²) in [6.07, 6.45) is 1.06. The van der Waals surface area contributed by atoms with E-state index in [0.29, 0.717) is 6.07 Å². The summed E-state index contributed by atoms with van der Waals surface area (Å²) in [5.41, 5.74) is -2.00. The minimum atomic E-state index is -0.968. The van der Waals surface area contributed by atoms with Gasteiger partial charge in [-0.05, 0) is 12.1 Å². The van der Waals surface area contributed by atoms with Crippen molar-refractivity contribution in [2.24, 2.45) is 14.1 Å². The molecule has 0 aliphatic heterocycles. The predicted molar refractivity (Wildman–Crippen MR) is 71.2 cm³/mol. The maximum absolute atomic E-state index is 13.5. The molecule has 1 amide bonds. The quantitative estimate of drug-likeness (QED) is 0.882. The summed E-state index contributed by atoms with van der Waals surface area (Å²) < 4.78 is 28.0. The van der Waals surface area contributed by atoms with Crippen molar-refractivity contribution < 1.29 is 13.6 Å². The third-order valence-corrected chi connectivity index (χ3v) is 2.87. The maximum atomic E-state index is 13.5. The molecule has 0 saturated carbocycles. The number of benzene rings is 1. The number of nitrogens with zero attached hydrogens (tertiary/aromatic N) is 2. The van der Waals surface area contributed by atoms with Crippen molar-refractivity contribution in [1.29, 1.82) is 0 Å². The summed E-state index contributed by atoms with van der Waals surface area (Å²) in [7, 11) is 2.59. The summed E-state index contributed by atoms with van der Waals surface area (Å²) in [6.45, 7) is 0. The minimum absolute atomic E-state index is 0.266. The molecule has 0 aliphatic rings. The lowest BCUT2D eigenvalue weighted by Gasteiger charge is -2.08. The zero-order valence-electron chi connectivity index (χ0n) is 11.2. The summed E-state index contributed by atoms with van der Waals surface area (Å²) in [4.78, 5) is 35.3. The Morgan fingerprint density at radius 1 is 1.19 bits per heavy atom. The Balaban J connectivity index is 2.42. The molecule has 0 radical (unpaired) electrons. The molecule has 0 saturated heterocycles. The van der Waals surface area contributed by atoms with Crippen LogP contribution in [0.1, 0.15) is 10.4 Å². The molecular weight excluding hydrogens is 284 g/mol. The van der Waals surface area contributed by atoms with Crippen LogP contribution >= 0.6 is 0 Å². The van der Waals surface area contributed by atoms with Gasteiger partial charge in [-0.2, -0.15) is 0 Å². The van der Waals surface area contributed by atoms with E-state index in [9.17, 15) is 23.2 Å². The number of rotatable bonds is 2. The third kappa shape index (κ3) is 2.73. The number of anilines is 1. The molecule has 110 valence electrons. The molecule has 0 aliphatic carbocycles. The topological polar surface area (TPSA) is 73.1 Å². The number of amides is 1. The van der Waals surface area contributed by atoms with Gasteiger partial charge in [-0.15, -0.1) is 0 Å². The van der Waals surface area contributed by atoms with Gasteiger partial charge < -0.3 is 9.88 Å². The fourth-order valence-electron chi connectivity index (χ4n) is 1.74. The number of aromatic nitrogens is 2. The highest BCUT2D eigenvalue weighted by Gasteiger charge is 2.16. The smallest absolute Gasteiger partial charge is 0.319 e. The summed E-state index contributed by atoms with van der Waals surface area (Å²) >= 11 is 0. The van der Waals surface area contributed by atoms with E-state index >= 15 is 0 Å². The van der Waals surface area contributed by atoms with Gasteiger partial charge in [-0.25, -0.2) is 13.6 Å². The van der Waals surface area contributed by atoms with Crippen LogP contribution in [-0.2, 0) is 14.1 Å². The van der Waals surface area contributed by atoms with Crippen molar-refractivity contribution in [3.63, 3.8) is 0 Å². The first kappa shape index (κ1) is 14.6. The van der Waals surface area contributed by atoms with E-state index in [1.165, 1.54) is 14.1 Å². The molecule has 0 fully saturated rings. The monoisotopic (exact) mass is 295 g/mol. The van der Waals surface area contributed by atoms with Gasteiger partial charge in [0.25, 0.3) is 11.5 Å². The van der Waals surface area contributed by atoms with Crippen LogP contribution in [0.25, 0.3) is 0 Å². The number of nitrogens with one attached hydrogen (secondary N) is 1. The average Bonchev–Trinajstić information content (AvgIpc) is 2.43. The third-order valence-electron chi connectivity index (χ3n) is 2.87. The van der Waals surface area contributed by atoms with Gasteiger partial charge in [0, 0.05) is 26.4 Å². The van der Waals surface area contributed by atoms with E-state index in [-0.39, 0.29) is 11.3 Å². The van der Waals surface area contributed by atoms with E-state index in [1.54, 1.807) is 0 Å². The van der Waals surface area contributed by atoms with E-state index in [2.05, 4.69) is 5.32 Å². The second kappa shape index (κ2) is 5.31. The molecule has 21 heavy (non-hydrogen) atoms. The van der Waals surface area contributed by atoms with Crippen molar-refractivity contribution >= 4 is 11.6 Å². The molecule has 0 unspecified atom stereocenters. The Labute approximate surface area is 117 Å². The van der Waals surface area contributed by atoms with Crippen molar-refractivity contribution in [3.05, 3.63) is 62.4 Å². The number of hydrogen-bond acceptors (Lipinski definition) is 3. The van der Waals surface area contributed by atoms with Crippen molar-refractivity contribution in [1.82, 2.24) is 9.13 Å². The van der Waals surface area contributed by atoms with Crippen LogP contribution < -0.4 is 16.6 Å². The molecule has 0 bridgehead atoms. The molecule has 1 heterocycles. The Kier molecular flexibility index (Phi) is 3.70. The van der Waals surface area contributed by atoms with E-state index < -0.39 is 28.8 Å². The number of aryl methyl sites for hydroxylation is 1. The Morgan fingerprint density at radius 2 is 1.86 bits per heavy atom. The van der Waals surface area contributed by atoms with Crippen LogP contribution in [0.5, 0.6) is 0 Å². The van der Waals surface area contributed by atoms with Crippen LogP contribution in [-0.4, -0.2) is 15.0 Å². The van der Waals surface area contributed by atoms with Crippen LogP contribution in [0, 0.1) is 11.6 Å². The van der Waals surface area contributed by atoms with Crippen LogP contribution in [0.15, 0.2) is 34.0 Å². The van der Waals surface area contributed by atoms with Crippen molar-refractivity contribution in [2.75, 3.05) is 5.32 Å². The first-order valence-electron chi connectivity index (χ1n) is 5.84. The number of hydrogen-bond donors (Lipinski definition) is 1. The largest absolute Gasteiger partial charge is 0.330 e. The lowest BCUT2D eigenvalue weighted by molar-refractivity contribution is 0.102. The first-order valence-corrected chi connectivity index (χ1v) is 5.84. The van der Waals surface area contributed by atoms with Crippen LogP contribution in [0.4, 0.5) is 14.5 Å². The molecule has 2 rings (SSSR count). The standard InChI is InChI=1S/C13H11F2N3O3/c1-17-6-8(12(20)18(2)13(17)21)11(19)16-10-4-3-7(14)5-9(10)15/h3-6H,1-2H3,(H,16,19). The highest BCUT2D eigenvalue weighted by atomic mass is 19.1. The van der Waals surface area contributed by atoms with Gasteiger partial charge in [-0.1, -0.05) is 0 Å². The highest BCUT2D eigenvalue weighted by molar-refractivity contribution is 6.03. The number of carbonyl (C=O) groups is 1. The average molecular weight is 295 g/mol. The molecular formula is C13H11F2N3O3. The van der Waals surface area contributed by atoms with Crippen molar-refractivity contribution in [3.8, 4) is 0 Å². The second-order valence-corrected chi connectivity index (χ2v) is 4.38. The Morgan fingerprint density at radius 3 is 2.48 bits per heavy atom. The zero-order chi connectivity index (χ0) is 15.7. The van der Waals surface area contributed by atoms with Gasteiger partial charge in [-0.3, -0.25) is 14.2 Å². The summed E-state index contributed by atoms with van der Waals surface area (Å²) in [5, 5.41) is 2.16. The molecule has 1 N–H and O–H groups in total. The van der Waals surface area contributed by atoms with E-state index in [0.717, 1.165) is 27.5 Å². The molecule has 2 aromatic rings. The lowest BCUT2D eigenvalue weighted by atomic mass is 10.2. The van der Waals surface area contributed by atoms with Crippen LogP contribution in [0.3, 0.4) is 0 Å². The van der Waals surface area contributed by atoms with Crippen LogP contribution in [0.2, 0.25) is 0 Å². The molecule has 8 heteroatoms. The molecule has 1 aromatic heterocycles. The molecule has 1 aromatic carbocycles. The van der Waals surface area contributed by atoms with Gasteiger partial charge in [0.2, 0.25) is 0 Å². The summed E-state index contributed by atoms with van der Waals surface area (Å²) in [6, 6.07) is 2.61. The second-order valence-electron chi connectivity index (χ2n) is 4.38. The van der Waals surface area contributed by atoms with Crippen molar-refractivity contribution in [2.45, 2.75) is 0 Å². The number of carbonyl (C=O) groups excluding carboxylic acids is 1. The molecule has 0 spiro atoms. The fourth-order valence-corrected chi connectivity index (χ4v) is 1.74. The summed E-state index contributed by atoms with van der Waals surface area (Å²) in [5.74, 6) is -2.65. The van der Waals surface area contributed by atoms with Gasteiger partial charge >= 0.3 is 5.69 Å². The van der Waals surface area contributed by atoms with Gasteiger partial charge in [0.1, 0.15) is 17.2 Å². The van der Waals surface area contributed by atoms with Gasteiger partial charge in [0.05, 0.1) is 5.69 Å². The Bertz CT molecular complexity index is 840.